The lowest BCUT2D eigenvalue weighted by molar-refractivity contribution is 1.38. The van der Waals surface area contributed by atoms with Crippen molar-refractivity contribution in [3.63, 3.8) is 0 Å². The Morgan fingerprint density at radius 2 is 1.62 bits per heavy atom. The van der Waals surface area contributed by atoms with Crippen LogP contribution in [0.2, 0.25) is 0 Å². The van der Waals surface area contributed by atoms with E-state index in [4.69, 9.17) is 0 Å². The second-order valence-electron chi connectivity index (χ2n) is 3.93. The summed E-state index contributed by atoms with van der Waals surface area (Å²) in [5.41, 5.74) is 2.64. The molecule has 0 heterocycles. The van der Waals surface area contributed by atoms with E-state index in [1.54, 1.807) is 0 Å². The van der Waals surface area contributed by atoms with Gasteiger partial charge in [0.25, 0.3) is 0 Å². The molecule has 16 heavy (non-hydrogen) atoms. The van der Waals surface area contributed by atoms with Crippen molar-refractivity contribution in [2.75, 3.05) is 0 Å². The molecule has 0 aliphatic rings. The van der Waals surface area contributed by atoms with Crippen molar-refractivity contribution < 1.29 is 0 Å². The summed E-state index contributed by atoms with van der Waals surface area (Å²) in [6.45, 7) is 3.76. The van der Waals surface area contributed by atoms with E-state index < -0.39 is 0 Å². The van der Waals surface area contributed by atoms with E-state index in [1.165, 1.54) is 22.4 Å². The monoisotopic (exact) mass is 224 g/mol. The summed E-state index contributed by atoms with van der Waals surface area (Å²) in [5, 5.41) is 1.54. The number of hydrogen-bond acceptors (Lipinski definition) is 0. The van der Waals surface area contributed by atoms with Gasteiger partial charge in [0.1, 0.15) is 0 Å². The molecule has 1 heteroatoms. The van der Waals surface area contributed by atoms with Gasteiger partial charge < -0.3 is 0 Å². The first-order valence-corrected chi connectivity index (χ1v) is 7.34. The van der Waals surface area contributed by atoms with Crippen molar-refractivity contribution in [2.45, 2.75) is 6.04 Å². The summed E-state index contributed by atoms with van der Waals surface area (Å²) in [6, 6.07) is 20.8. The molecule has 0 atom stereocenters. The first-order valence-electron chi connectivity index (χ1n) is 5.64. The zero-order valence-electron chi connectivity index (χ0n) is 9.39. The standard InChI is InChI=1S/C15H16Si/c1-2-13-8-10-14(11-9-13)12-16-15-6-4-3-5-7-15/h2-11H,1,12,16H2. The number of hydrogen-bond donors (Lipinski definition) is 0. The molecule has 2 aromatic carbocycles. The van der Waals surface area contributed by atoms with Gasteiger partial charge in [-0.05, 0) is 11.6 Å². The Morgan fingerprint density at radius 3 is 2.25 bits per heavy atom. The van der Waals surface area contributed by atoms with E-state index in [0.29, 0.717) is 0 Å². The van der Waals surface area contributed by atoms with Gasteiger partial charge in [-0.1, -0.05) is 78.0 Å². The minimum atomic E-state index is -0.154. The Balaban J connectivity index is 1.97. The molecule has 0 amide bonds. The van der Waals surface area contributed by atoms with Gasteiger partial charge in [-0.25, -0.2) is 0 Å². The van der Waals surface area contributed by atoms with Crippen LogP contribution in [0.5, 0.6) is 0 Å². The Hall–Kier alpha value is -1.60. The summed E-state index contributed by atoms with van der Waals surface area (Å²) in [7, 11) is -0.154. The number of rotatable bonds is 4. The van der Waals surface area contributed by atoms with Crippen LogP contribution in [-0.4, -0.2) is 9.52 Å². The molecule has 80 valence electrons. The normalized spacial score (nSPS) is 10.8. The quantitative estimate of drug-likeness (QED) is 0.699. The van der Waals surface area contributed by atoms with Gasteiger partial charge in [-0.2, -0.15) is 0 Å². The minimum absolute atomic E-state index is 0.154. The Labute approximate surface area is 99.5 Å². The van der Waals surface area contributed by atoms with E-state index in [2.05, 4.69) is 61.2 Å². The van der Waals surface area contributed by atoms with Crippen LogP contribution in [0.15, 0.2) is 61.2 Å². The molecule has 0 unspecified atom stereocenters. The van der Waals surface area contributed by atoms with Crippen LogP contribution in [0.1, 0.15) is 11.1 Å². The third kappa shape index (κ3) is 2.94. The summed E-state index contributed by atoms with van der Waals surface area (Å²) >= 11 is 0. The van der Waals surface area contributed by atoms with Gasteiger partial charge in [0.05, 0.1) is 9.52 Å². The van der Waals surface area contributed by atoms with Crippen LogP contribution < -0.4 is 5.19 Å². The molecule has 0 bridgehead atoms. The zero-order valence-corrected chi connectivity index (χ0v) is 10.8. The second-order valence-corrected chi connectivity index (χ2v) is 5.75. The predicted molar refractivity (Wildman–Crippen MR) is 74.9 cm³/mol. The van der Waals surface area contributed by atoms with Crippen LogP contribution in [0.3, 0.4) is 0 Å². The summed E-state index contributed by atoms with van der Waals surface area (Å²) in [6.07, 6.45) is 1.89. The maximum absolute atomic E-state index is 3.76. The average molecular weight is 224 g/mol. The van der Waals surface area contributed by atoms with Crippen molar-refractivity contribution >= 4 is 20.8 Å². The topological polar surface area (TPSA) is 0 Å². The summed E-state index contributed by atoms with van der Waals surface area (Å²) in [5.74, 6) is 0. The Kier molecular flexibility index (Phi) is 3.73. The highest BCUT2D eigenvalue weighted by Gasteiger charge is 1.95. The van der Waals surface area contributed by atoms with Crippen LogP contribution in [-0.2, 0) is 6.04 Å². The molecule has 0 radical (unpaired) electrons. The fourth-order valence-corrected chi connectivity index (χ4v) is 3.27. The molecule has 0 aliphatic carbocycles. The first kappa shape index (κ1) is 10.9. The highest BCUT2D eigenvalue weighted by Crippen LogP contribution is 2.05. The van der Waals surface area contributed by atoms with E-state index >= 15 is 0 Å². The second kappa shape index (κ2) is 5.47. The van der Waals surface area contributed by atoms with Gasteiger partial charge in [0.2, 0.25) is 0 Å². The highest BCUT2D eigenvalue weighted by atomic mass is 28.2. The first-order chi connectivity index (χ1) is 7.88. The van der Waals surface area contributed by atoms with Gasteiger partial charge in [-0.3, -0.25) is 0 Å². The summed E-state index contributed by atoms with van der Waals surface area (Å²) in [4.78, 5) is 0. The molecule has 0 fully saturated rings. The zero-order chi connectivity index (χ0) is 11.2. The molecule has 2 aromatic rings. The molecule has 0 nitrogen and oxygen atoms in total. The average Bonchev–Trinajstić information content (AvgIpc) is 2.38. The van der Waals surface area contributed by atoms with Crippen molar-refractivity contribution in [3.05, 3.63) is 72.3 Å². The van der Waals surface area contributed by atoms with Crippen LogP contribution >= 0.6 is 0 Å². The van der Waals surface area contributed by atoms with E-state index in [0.717, 1.165) is 0 Å². The van der Waals surface area contributed by atoms with E-state index in [-0.39, 0.29) is 9.52 Å². The Bertz CT molecular complexity index is 443. The molecule has 0 aromatic heterocycles. The number of benzene rings is 2. The fourth-order valence-electron chi connectivity index (χ4n) is 1.75. The van der Waals surface area contributed by atoms with Crippen molar-refractivity contribution in [1.82, 2.24) is 0 Å². The maximum Gasteiger partial charge on any atom is 0.0590 e. The molecule has 2 rings (SSSR count). The minimum Gasteiger partial charge on any atom is -0.0985 e. The van der Waals surface area contributed by atoms with Crippen molar-refractivity contribution in [2.24, 2.45) is 0 Å². The lowest BCUT2D eigenvalue weighted by Gasteiger charge is -2.02. The fraction of sp³-hybridized carbons (Fsp3) is 0.0667. The van der Waals surface area contributed by atoms with Crippen molar-refractivity contribution in [3.8, 4) is 0 Å². The molecule has 0 spiro atoms. The van der Waals surface area contributed by atoms with Crippen LogP contribution in [0.25, 0.3) is 6.08 Å². The van der Waals surface area contributed by atoms with E-state index in [1.807, 2.05) is 6.08 Å². The third-order valence-electron chi connectivity index (χ3n) is 2.76. The third-order valence-corrected chi connectivity index (χ3v) is 4.64. The molecule has 0 aliphatic heterocycles. The molecular weight excluding hydrogens is 208 g/mol. The molecule has 0 N–H and O–H groups in total. The predicted octanol–water partition coefficient (Wildman–Crippen LogP) is 2.32. The van der Waals surface area contributed by atoms with E-state index in [9.17, 15) is 0 Å². The molecule has 0 saturated carbocycles. The lowest BCUT2D eigenvalue weighted by Crippen LogP contribution is -2.15. The van der Waals surface area contributed by atoms with Gasteiger partial charge in [-0.15, -0.1) is 0 Å². The SMILES string of the molecule is C=Cc1ccc(C[SiH2]c2ccccc2)cc1. The summed E-state index contributed by atoms with van der Waals surface area (Å²) < 4.78 is 0. The largest absolute Gasteiger partial charge is 0.0985 e. The lowest BCUT2D eigenvalue weighted by atomic mass is 10.1. The van der Waals surface area contributed by atoms with Crippen LogP contribution in [0.4, 0.5) is 0 Å². The molecule has 0 saturated heterocycles. The smallest absolute Gasteiger partial charge is 0.0590 e. The van der Waals surface area contributed by atoms with Crippen molar-refractivity contribution in [1.29, 1.82) is 0 Å². The van der Waals surface area contributed by atoms with Gasteiger partial charge in [0, 0.05) is 0 Å². The van der Waals surface area contributed by atoms with Gasteiger partial charge in [0.15, 0.2) is 0 Å². The van der Waals surface area contributed by atoms with Gasteiger partial charge >= 0.3 is 0 Å². The highest BCUT2D eigenvalue weighted by molar-refractivity contribution is 6.52. The maximum atomic E-state index is 3.76. The molecular formula is C15H16Si. The Morgan fingerprint density at radius 1 is 0.938 bits per heavy atom. The van der Waals surface area contributed by atoms with Crippen LogP contribution in [0, 0.1) is 0 Å².